The van der Waals surface area contributed by atoms with Gasteiger partial charge in [-0.25, -0.2) is 4.98 Å². The summed E-state index contributed by atoms with van der Waals surface area (Å²) in [4.78, 5) is 7.05. The summed E-state index contributed by atoms with van der Waals surface area (Å²) in [6, 6.07) is 1.14. The van der Waals surface area contributed by atoms with Crippen LogP contribution >= 0.6 is 0 Å². The second kappa shape index (κ2) is 5.01. The van der Waals surface area contributed by atoms with Crippen molar-refractivity contribution < 1.29 is 0 Å². The average molecular weight is 272 g/mol. The molecule has 0 saturated carbocycles. The lowest BCUT2D eigenvalue weighted by atomic mass is 9.94. The van der Waals surface area contributed by atoms with Crippen molar-refractivity contribution in [3.05, 3.63) is 18.7 Å². The highest BCUT2D eigenvalue weighted by atomic mass is 15.3. The highest BCUT2D eigenvalue weighted by Crippen LogP contribution is 2.29. The van der Waals surface area contributed by atoms with Crippen molar-refractivity contribution in [2.45, 2.75) is 44.2 Å². The maximum absolute atomic E-state index is 4.60. The third-order valence-corrected chi connectivity index (χ3v) is 4.58. The van der Waals surface area contributed by atoms with Crippen molar-refractivity contribution in [1.82, 2.24) is 24.9 Å². The number of rotatable bonds is 2. The molecule has 0 aliphatic carbocycles. The molecule has 106 valence electrons. The number of hydrogen-bond donors (Lipinski definition) is 1. The lowest BCUT2D eigenvalue weighted by Gasteiger charge is -2.40. The summed E-state index contributed by atoms with van der Waals surface area (Å²) in [6.07, 6.45) is 11.9. The van der Waals surface area contributed by atoms with Crippen LogP contribution in [0.2, 0.25) is 0 Å². The van der Waals surface area contributed by atoms with Gasteiger partial charge in [0.15, 0.2) is 5.82 Å². The number of piperidine rings is 1. The van der Waals surface area contributed by atoms with Crippen LogP contribution in [0.5, 0.6) is 0 Å². The second-order valence-electron chi connectivity index (χ2n) is 5.77. The Kier molecular flexibility index (Phi) is 3.03. The van der Waals surface area contributed by atoms with E-state index in [4.69, 9.17) is 0 Å². The van der Waals surface area contributed by atoms with Crippen LogP contribution in [0.15, 0.2) is 18.7 Å². The standard InChI is InChI=1S/C14H20N6/c1-2-8-20(12(5-1)11-4-3-6-15-11)13-14-18-17-10-19(14)9-7-16-13/h7,9-12,15H,1-6,8H2. The molecule has 4 heterocycles. The highest BCUT2D eigenvalue weighted by molar-refractivity contribution is 5.64. The van der Waals surface area contributed by atoms with Gasteiger partial charge < -0.3 is 10.2 Å². The normalized spacial score (nSPS) is 27.3. The topological polar surface area (TPSA) is 58.4 Å². The van der Waals surface area contributed by atoms with Crippen LogP contribution in [0.4, 0.5) is 5.82 Å². The summed E-state index contributed by atoms with van der Waals surface area (Å²) in [7, 11) is 0. The maximum atomic E-state index is 4.60. The Morgan fingerprint density at radius 1 is 1.20 bits per heavy atom. The predicted octanol–water partition coefficient (Wildman–Crippen LogP) is 1.24. The second-order valence-corrected chi connectivity index (χ2v) is 5.77. The molecule has 0 spiro atoms. The van der Waals surface area contributed by atoms with Crippen molar-refractivity contribution >= 4 is 11.5 Å². The predicted molar refractivity (Wildman–Crippen MR) is 76.8 cm³/mol. The number of fused-ring (bicyclic) bond motifs is 1. The molecule has 2 atom stereocenters. The zero-order chi connectivity index (χ0) is 13.4. The largest absolute Gasteiger partial charge is 0.349 e. The fourth-order valence-corrected chi connectivity index (χ4v) is 3.63. The van der Waals surface area contributed by atoms with Gasteiger partial charge in [-0.15, -0.1) is 10.2 Å². The fourth-order valence-electron chi connectivity index (χ4n) is 3.63. The van der Waals surface area contributed by atoms with Crippen LogP contribution in [0.3, 0.4) is 0 Å². The van der Waals surface area contributed by atoms with E-state index in [1.54, 1.807) is 6.33 Å². The van der Waals surface area contributed by atoms with Crippen LogP contribution < -0.4 is 10.2 Å². The van der Waals surface area contributed by atoms with Crippen molar-refractivity contribution in [3.8, 4) is 0 Å². The van der Waals surface area contributed by atoms with Crippen LogP contribution in [0, 0.1) is 0 Å². The summed E-state index contributed by atoms with van der Waals surface area (Å²) in [5, 5.41) is 11.9. The zero-order valence-electron chi connectivity index (χ0n) is 11.6. The lowest BCUT2D eigenvalue weighted by molar-refractivity contribution is 0.376. The third-order valence-electron chi connectivity index (χ3n) is 4.58. The zero-order valence-corrected chi connectivity index (χ0v) is 11.6. The first kappa shape index (κ1) is 12.1. The van der Waals surface area contributed by atoms with Gasteiger partial charge in [0.05, 0.1) is 0 Å². The Balaban J connectivity index is 1.72. The molecule has 0 bridgehead atoms. The lowest BCUT2D eigenvalue weighted by Crippen LogP contribution is -2.50. The van der Waals surface area contributed by atoms with E-state index < -0.39 is 0 Å². The molecule has 1 N–H and O–H groups in total. The van der Waals surface area contributed by atoms with Gasteiger partial charge in [-0.2, -0.15) is 0 Å². The van der Waals surface area contributed by atoms with E-state index in [9.17, 15) is 0 Å². The van der Waals surface area contributed by atoms with Gasteiger partial charge in [0.25, 0.3) is 0 Å². The van der Waals surface area contributed by atoms with E-state index in [1.807, 2.05) is 16.8 Å². The number of hydrogen-bond acceptors (Lipinski definition) is 5. The van der Waals surface area contributed by atoms with Gasteiger partial charge in [-0.1, -0.05) is 0 Å². The quantitative estimate of drug-likeness (QED) is 0.891. The minimum atomic E-state index is 0.543. The number of nitrogens with one attached hydrogen (secondary N) is 1. The van der Waals surface area contributed by atoms with E-state index in [-0.39, 0.29) is 0 Å². The molecule has 0 amide bonds. The Morgan fingerprint density at radius 3 is 3.10 bits per heavy atom. The molecule has 4 rings (SSSR count). The van der Waals surface area contributed by atoms with E-state index in [1.165, 1.54) is 32.1 Å². The van der Waals surface area contributed by atoms with E-state index in [2.05, 4.69) is 25.4 Å². The Hall–Kier alpha value is -1.69. The molecular formula is C14H20N6. The molecular weight excluding hydrogens is 252 g/mol. The van der Waals surface area contributed by atoms with Gasteiger partial charge in [0.1, 0.15) is 6.33 Å². The molecule has 0 aromatic carbocycles. The first-order valence-corrected chi connectivity index (χ1v) is 7.58. The fraction of sp³-hybridized carbons (Fsp3) is 0.643. The van der Waals surface area contributed by atoms with Gasteiger partial charge in [-0.3, -0.25) is 4.40 Å². The minimum absolute atomic E-state index is 0.543. The molecule has 2 aliphatic heterocycles. The Bertz CT molecular complexity index is 588. The molecule has 2 fully saturated rings. The molecule has 2 aliphatic rings. The molecule has 6 heteroatoms. The summed E-state index contributed by atoms with van der Waals surface area (Å²) in [5.41, 5.74) is 0.873. The molecule has 6 nitrogen and oxygen atoms in total. The van der Waals surface area contributed by atoms with E-state index >= 15 is 0 Å². The molecule has 0 radical (unpaired) electrons. The van der Waals surface area contributed by atoms with E-state index in [0.29, 0.717) is 12.1 Å². The van der Waals surface area contributed by atoms with Crippen LogP contribution in [-0.2, 0) is 0 Å². The van der Waals surface area contributed by atoms with Crippen LogP contribution in [0.1, 0.15) is 32.1 Å². The number of aromatic nitrogens is 4. The van der Waals surface area contributed by atoms with Crippen LogP contribution in [-0.4, -0.2) is 44.8 Å². The van der Waals surface area contributed by atoms with E-state index in [0.717, 1.165) is 24.6 Å². The van der Waals surface area contributed by atoms with Gasteiger partial charge in [0, 0.05) is 31.0 Å². The van der Waals surface area contributed by atoms with Crippen LogP contribution in [0.25, 0.3) is 5.65 Å². The summed E-state index contributed by atoms with van der Waals surface area (Å²) >= 11 is 0. The van der Waals surface area contributed by atoms with Gasteiger partial charge in [0.2, 0.25) is 5.65 Å². The van der Waals surface area contributed by atoms with Crippen molar-refractivity contribution in [3.63, 3.8) is 0 Å². The molecule has 2 aromatic rings. The number of anilines is 1. The first-order chi connectivity index (χ1) is 9.93. The van der Waals surface area contributed by atoms with Crippen molar-refractivity contribution in [1.29, 1.82) is 0 Å². The smallest absolute Gasteiger partial charge is 0.203 e. The Labute approximate surface area is 118 Å². The molecule has 2 unspecified atom stereocenters. The maximum Gasteiger partial charge on any atom is 0.203 e. The SMILES string of the molecule is c1cn2cnnc2c(N2CCCCC2C2CCCN2)n1. The minimum Gasteiger partial charge on any atom is -0.349 e. The van der Waals surface area contributed by atoms with Crippen molar-refractivity contribution in [2.24, 2.45) is 0 Å². The van der Waals surface area contributed by atoms with Crippen molar-refractivity contribution in [2.75, 3.05) is 18.0 Å². The molecule has 2 saturated heterocycles. The Morgan fingerprint density at radius 2 is 2.20 bits per heavy atom. The third kappa shape index (κ3) is 1.95. The highest BCUT2D eigenvalue weighted by Gasteiger charge is 2.33. The average Bonchev–Trinajstić information content (AvgIpc) is 3.18. The van der Waals surface area contributed by atoms with Gasteiger partial charge in [-0.05, 0) is 38.6 Å². The monoisotopic (exact) mass is 272 g/mol. The molecule has 2 aromatic heterocycles. The molecule has 20 heavy (non-hydrogen) atoms. The first-order valence-electron chi connectivity index (χ1n) is 7.58. The van der Waals surface area contributed by atoms with Gasteiger partial charge >= 0.3 is 0 Å². The number of nitrogens with zero attached hydrogens (tertiary/aromatic N) is 5. The summed E-state index contributed by atoms with van der Waals surface area (Å²) in [5.74, 6) is 0.989. The summed E-state index contributed by atoms with van der Waals surface area (Å²) in [6.45, 7) is 2.22. The summed E-state index contributed by atoms with van der Waals surface area (Å²) < 4.78 is 1.95.